The van der Waals surface area contributed by atoms with Gasteiger partial charge in [-0.3, -0.25) is 9.59 Å². The van der Waals surface area contributed by atoms with E-state index in [1.54, 1.807) is 51.1 Å². The second-order valence-corrected chi connectivity index (χ2v) is 6.77. The lowest BCUT2D eigenvalue weighted by Gasteiger charge is -2.29. The van der Waals surface area contributed by atoms with Crippen LogP contribution in [0.1, 0.15) is 37.6 Å². The summed E-state index contributed by atoms with van der Waals surface area (Å²) in [5, 5.41) is 9.47. The van der Waals surface area contributed by atoms with Crippen molar-refractivity contribution >= 4 is 17.8 Å². The Balaban J connectivity index is 2.17. The lowest BCUT2D eigenvalue weighted by Crippen LogP contribution is -2.45. The lowest BCUT2D eigenvalue weighted by molar-refractivity contribution is -0.125. The predicted molar refractivity (Wildman–Crippen MR) is 90.5 cm³/mol. The Kier molecular flexibility index (Phi) is 5.38. The molecule has 6 nitrogen and oxygen atoms in total. The Hall–Kier alpha value is -2.94. The Bertz CT molecular complexity index is 741. The van der Waals surface area contributed by atoms with E-state index < -0.39 is 29.6 Å². The van der Waals surface area contributed by atoms with E-state index in [4.69, 9.17) is 4.74 Å². The molecule has 1 aliphatic heterocycles. The molecule has 0 N–H and O–H groups in total. The first-order chi connectivity index (χ1) is 11.7. The number of benzene rings is 1. The maximum absolute atomic E-state index is 12.4. The second-order valence-electron chi connectivity index (χ2n) is 6.77. The number of hydrogen-bond donors (Lipinski definition) is 0. The molecule has 0 bridgehead atoms. The van der Waals surface area contributed by atoms with Crippen LogP contribution in [0.25, 0.3) is 0 Å². The average molecular weight is 340 g/mol. The summed E-state index contributed by atoms with van der Waals surface area (Å²) < 4.78 is 5.24. The van der Waals surface area contributed by atoms with Gasteiger partial charge in [-0.2, -0.15) is 5.26 Å². The number of nitrogens with zero attached hydrogens (tertiary/aromatic N) is 2. The van der Waals surface area contributed by atoms with Crippen molar-refractivity contribution in [3.63, 3.8) is 0 Å². The van der Waals surface area contributed by atoms with Gasteiger partial charge >= 0.3 is 6.09 Å². The molecule has 2 unspecified atom stereocenters. The summed E-state index contributed by atoms with van der Waals surface area (Å²) in [4.78, 5) is 37.6. The number of imide groups is 1. The molecule has 0 radical (unpaired) electrons. The van der Waals surface area contributed by atoms with Crippen molar-refractivity contribution in [2.24, 2.45) is 5.92 Å². The molecule has 1 aromatic carbocycles. The van der Waals surface area contributed by atoms with Crippen LogP contribution in [-0.4, -0.2) is 34.3 Å². The molecule has 2 atom stereocenters. The van der Waals surface area contributed by atoms with Crippen molar-refractivity contribution in [1.82, 2.24) is 4.90 Å². The summed E-state index contributed by atoms with van der Waals surface area (Å²) in [6, 6.07) is 9.82. The highest BCUT2D eigenvalue weighted by Gasteiger charge is 2.40. The maximum atomic E-state index is 12.4. The van der Waals surface area contributed by atoms with Crippen molar-refractivity contribution in [2.75, 3.05) is 0 Å². The lowest BCUT2D eigenvalue weighted by atomic mass is 9.93. The van der Waals surface area contributed by atoms with Crippen LogP contribution in [0.15, 0.2) is 42.5 Å². The highest BCUT2D eigenvalue weighted by atomic mass is 16.6. The number of carbonyl (C=O) groups excluding carboxylic acids is 3. The average Bonchev–Trinajstić information content (AvgIpc) is 2.93. The van der Waals surface area contributed by atoms with E-state index in [9.17, 15) is 19.6 Å². The highest BCUT2D eigenvalue weighted by Crippen LogP contribution is 2.25. The third-order valence-electron chi connectivity index (χ3n) is 3.64. The molecule has 0 spiro atoms. The molecule has 130 valence electrons. The smallest absolute Gasteiger partial charge is 0.417 e. The van der Waals surface area contributed by atoms with Gasteiger partial charge in [0.05, 0.1) is 18.0 Å². The Morgan fingerprint density at radius 2 is 1.92 bits per heavy atom. The van der Waals surface area contributed by atoms with Gasteiger partial charge in [-0.25, -0.2) is 9.69 Å². The largest absolute Gasteiger partial charge is 0.443 e. The Labute approximate surface area is 146 Å². The zero-order valence-electron chi connectivity index (χ0n) is 14.4. The molecular formula is C19H20N2O4. The Morgan fingerprint density at radius 3 is 2.48 bits per heavy atom. The van der Waals surface area contributed by atoms with Crippen LogP contribution in [0.5, 0.6) is 0 Å². The molecule has 0 aromatic heterocycles. The standard InChI is InChI=1S/C19H20N2O4/c1-19(2,3)25-18(24)21-15(9-10-17(21)23)14(12-20)11-16(22)13-7-5-4-6-8-13/h4-10,14-15H,11H2,1-3H3. The molecule has 25 heavy (non-hydrogen) atoms. The fourth-order valence-corrected chi connectivity index (χ4v) is 2.52. The van der Waals surface area contributed by atoms with E-state index >= 15 is 0 Å². The quantitative estimate of drug-likeness (QED) is 0.786. The molecule has 1 aliphatic rings. The molecule has 0 aliphatic carbocycles. The van der Waals surface area contributed by atoms with Gasteiger partial charge in [-0.05, 0) is 20.8 Å². The SMILES string of the molecule is CC(C)(C)OC(=O)N1C(=O)C=CC1C(C#N)CC(=O)c1ccccc1. The van der Waals surface area contributed by atoms with E-state index in [1.165, 1.54) is 12.2 Å². The number of amides is 2. The minimum absolute atomic E-state index is 0.0951. The summed E-state index contributed by atoms with van der Waals surface area (Å²) in [6.07, 6.45) is 1.78. The molecule has 6 heteroatoms. The second kappa shape index (κ2) is 7.31. The van der Waals surface area contributed by atoms with Crippen LogP contribution in [0.3, 0.4) is 0 Å². The van der Waals surface area contributed by atoms with Crippen molar-refractivity contribution in [2.45, 2.75) is 38.8 Å². The van der Waals surface area contributed by atoms with Crippen LogP contribution in [-0.2, 0) is 9.53 Å². The summed E-state index contributed by atoms with van der Waals surface area (Å²) in [6.45, 7) is 5.07. The minimum Gasteiger partial charge on any atom is -0.443 e. The molecule has 0 fully saturated rings. The first-order valence-electron chi connectivity index (χ1n) is 7.95. The zero-order valence-corrected chi connectivity index (χ0v) is 14.4. The Morgan fingerprint density at radius 1 is 1.28 bits per heavy atom. The van der Waals surface area contributed by atoms with E-state index in [0.29, 0.717) is 5.56 Å². The van der Waals surface area contributed by atoms with Gasteiger partial charge in [0.2, 0.25) is 0 Å². The van der Waals surface area contributed by atoms with Crippen molar-refractivity contribution in [1.29, 1.82) is 5.26 Å². The number of carbonyl (C=O) groups is 3. The van der Waals surface area contributed by atoms with Crippen molar-refractivity contribution in [3.05, 3.63) is 48.0 Å². The topological polar surface area (TPSA) is 87.5 Å². The number of rotatable bonds is 4. The van der Waals surface area contributed by atoms with Crippen LogP contribution in [0.4, 0.5) is 4.79 Å². The highest BCUT2D eigenvalue weighted by molar-refractivity contribution is 6.02. The molecule has 1 aromatic rings. The molecule has 0 saturated carbocycles. The summed E-state index contributed by atoms with van der Waals surface area (Å²) in [7, 11) is 0. The summed E-state index contributed by atoms with van der Waals surface area (Å²) >= 11 is 0. The van der Waals surface area contributed by atoms with Crippen molar-refractivity contribution in [3.8, 4) is 6.07 Å². The molecule has 0 saturated heterocycles. The van der Waals surface area contributed by atoms with Crippen LogP contribution < -0.4 is 0 Å². The molecular weight excluding hydrogens is 320 g/mol. The van der Waals surface area contributed by atoms with Crippen LogP contribution in [0.2, 0.25) is 0 Å². The minimum atomic E-state index is -0.845. The molecule has 2 rings (SSSR count). The zero-order chi connectivity index (χ0) is 18.6. The first kappa shape index (κ1) is 18.4. The van der Waals surface area contributed by atoms with Gasteiger partial charge in [0.25, 0.3) is 5.91 Å². The fraction of sp³-hybridized carbons (Fsp3) is 0.368. The van der Waals surface area contributed by atoms with Crippen LogP contribution >= 0.6 is 0 Å². The third-order valence-corrected chi connectivity index (χ3v) is 3.64. The van der Waals surface area contributed by atoms with E-state index in [2.05, 4.69) is 0 Å². The number of ether oxygens (including phenoxy) is 1. The number of Topliss-reactive ketones (excluding diaryl/α,β-unsaturated/α-hetero) is 1. The van der Waals surface area contributed by atoms with Gasteiger partial charge in [-0.15, -0.1) is 0 Å². The third kappa shape index (κ3) is 4.54. The van der Waals surface area contributed by atoms with Gasteiger partial charge in [0.1, 0.15) is 5.60 Å². The predicted octanol–water partition coefficient (Wildman–Crippen LogP) is 3.10. The van der Waals surface area contributed by atoms with Gasteiger partial charge in [-0.1, -0.05) is 36.4 Å². The van der Waals surface area contributed by atoms with Crippen LogP contribution in [0, 0.1) is 17.2 Å². The molecule has 1 heterocycles. The van der Waals surface area contributed by atoms with Gasteiger partial charge in [0.15, 0.2) is 5.78 Å². The van der Waals surface area contributed by atoms with E-state index in [0.717, 1.165) is 4.90 Å². The maximum Gasteiger partial charge on any atom is 0.417 e. The van der Waals surface area contributed by atoms with E-state index in [-0.39, 0.29) is 12.2 Å². The van der Waals surface area contributed by atoms with E-state index in [1.807, 2.05) is 6.07 Å². The summed E-state index contributed by atoms with van der Waals surface area (Å²) in [5.41, 5.74) is -0.285. The first-order valence-corrected chi connectivity index (χ1v) is 7.95. The van der Waals surface area contributed by atoms with Crippen molar-refractivity contribution < 1.29 is 19.1 Å². The van der Waals surface area contributed by atoms with Gasteiger partial charge < -0.3 is 4.74 Å². The number of nitriles is 1. The number of hydrogen-bond acceptors (Lipinski definition) is 5. The fourth-order valence-electron chi connectivity index (χ4n) is 2.52. The molecule has 2 amide bonds. The van der Waals surface area contributed by atoms with Gasteiger partial charge in [0, 0.05) is 18.1 Å². The summed E-state index contributed by atoms with van der Waals surface area (Å²) in [5.74, 6) is -1.61. The normalized spacial score (nSPS) is 17.9. The monoisotopic (exact) mass is 340 g/mol. The number of ketones is 1.